The van der Waals surface area contributed by atoms with Crippen LogP contribution in [0.2, 0.25) is 0 Å². The fraction of sp³-hybridized carbons (Fsp3) is 0.571. The first kappa shape index (κ1) is 25.9. The Morgan fingerprint density at radius 1 is 1.28 bits per heavy atom. The molecule has 1 aromatic heterocycles. The molecule has 8 nitrogen and oxygen atoms in total. The zero-order valence-corrected chi connectivity index (χ0v) is 22.2. The number of hydrogen-bond acceptors (Lipinski definition) is 5. The summed E-state index contributed by atoms with van der Waals surface area (Å²) < 4.78 is 4.73. The number of rotatable bonds is 7. The van der Waals surface area contributed by atoms with Crippen molar-refractivity contribution in [2.75, 3.05) is 13.7 Å². The van der Waals surface area contributed by atoms with Gasteiger partial charge >= 0.3 is 6.09 Å². The standard InChI is InChI=1S/C28H38N4O4/c1-7-28(8-2)14-19-18(12-11-17(5)22(19)24(28)33)20-15-29-25(30-20)21-10-9-13-32(21)26(34)23(16(3)4)31-27(35)36-6/h11-12,15-16,21,23H,7-10,13-14H2,1-6H3,(H,29,30)(H,31,35). The first-order valence-corrected chi connectivity index (χ1v) is 13.0. The van der Waals surface area contributed by atoms with Gasteiger partial charge in [-0.15, -0.1) is 0 Å². The number of Topliss-reactive ketones (excluding diaryl/α,β-unsaturated/α-hetero) is 1. The first-order chi connectivity index (χ1) is 17.2. The van der Waals surface area contributed by atoms with Gasteiger partial charge < -0.3 is 19.9 Å². The lowest BCUT2D eigenvalue weighted by atomic mass is 9.78. The Hall–Kier alpha value is -3.16. The number of methoxy groups -OCH3 is 1. The third-order valence-corrected chi connectivity index (χ3v) is 8.23. The number of imidazole rings is 1. The van der Waals surface area contributed by atoms with E-state index >= 15 is 0 Å². The van der Waals surface area contributed by atoms with Gasteiger partial charge in [0.2, 0.25) is 5.91 Å². The molecule has 1 aromatic carbocycles. The molecule has 0 spiro atoms. The molecular formula is C28H38N4O4. The highest BCUT2D eigenvalue weighted by molar-refractivity contribution is 6.07. The van der Waals surface area contributed by atoms with Crippen LogP contribution in [0, 0.1) is 18.3 Å². The molecule has 2 amide bonds. The summed E-state index contributed by atoms with van der Waals surface area (Å²) in [6.45, 7) is 10.6. The van der Waals surface area contributed by atoms with Gasteiger partial charge in [-0.3, -0.25) is 9.59 Å². The van der Waals surface area contributed by atoms with E-state index in [4.69, 9.17) is 4.74 Å². The molecule has 0 bridgehead atoms. The van der Waals surface area contributed by atoms with E-state index in [9.17, 15) is 14.4 Å². The summed E-state index contributed by atoms with van der Waals surface area (Å²) in [7, 11) is 1.29. The number of ether oxygens (including phenoxy) is 1. The predicted octanol–water partition coefficient (Wildman–Crippen LogP) is 4.97. The molecule has 4 rings (SSSR count). The number of alkyl carbamates (subject to hydrolysis) is 1. The van der Waals surface area contributed by atoms with Crippen molar-refractivity contribution in [3.63, 3.8) is 0 Å². The van der Waals surface area contributed by atoms with Gasteiger partial charge in [-0.2, -0.15) is 0 Å². The Bertz CT molecular complexity index is 1160. The van der Waals surface area contributed by atoms with E-state index in [2.05, 4.69) is 35.2 Å². The molecule has 1 aliphatic heterocycles. The normalized spacial score (nSPS) is 19.5. The fourth-order valence-corrected chi connectivity index (χ4v) is 5.86. The number of aromatic nitrogens is 2. The third-order valence-electron chi connectivity index (χ3n) is 8.23. The van der Waals surface area contributed by atoms with E-state index in [0.717, 1.165) is 65.9 Å². The molecule has 36 heavy (non-hydrogen) atoms. The molecule has 194 valence electrons. The zero-order valence-electron chi connectivity index (χ0n) is 22.2. The zero-order chi connectivity index (χ0) is 26.2. The van der Waals surface area contributed by atoms with Gasteiger partial charge in [0.15, 0.2) is 5.78 Å². The number of carbonyl (C=O) groups excluding carboxylic acids is 3. The van der Waals surface area contributed by atoms with Crippen LogP contribution < -0.4 is 5.32 Å². The maximum absolute atomic E-state index is 13.4. The molecule has 2 heterocycles. The molecule has 8 heteroatoms. The Kier molecular flexibility index (Phi) is 7.25. The van der Waals surface area contributed by atoms with Crippen molar-refractivity contribution in [2.24, 2.45) is 11.3 Å². The molecule has 2 atom stereocenters. The molecule has 1 aliphatic carbocycles. The highest BCUT2D eigenvalue weighted by Gasteiger charge is 2.44. The van der Waals surface area contributed by atoms with Gasteiger partial charge in [0.25, 0.3) is 0 Å². The summed E-state index contributed by atoms with van der Waals surface area (Å²) in [5.41, 5.74) is 4.52. The minimum atomic E-state index is -0.671. The summed E-state index contributed by atoms with van der Waals surface area (Å²) in [4.78, 5) is 48.7. The lowest BCUT2D eigenvalue weighted by Crippen LogP contribution is -2.51. The second-order valence-electron chi connectivity index (χ2n) is 10.5. The highest BCUT2D eigenvalue weighted by Crippen LogP contribution is 2.46. The Balaban J connectivity index is 1.64. The van der Waals surface area contributed by atoms with Gasteiger partial charge in [-0.05, 0) is 56.1 Å². The number of likely N-dealkylation sites (tertiary alicyclic amines) is 1. The molecule has 2 N–H and O–H groups in total. The quantitative estimate of drug-likeness (QED) is 0.565. The van der Waals surface area contributed by atoms with Crippen molar-refractivity contribution < 1.29 is 19.1 Å². The highest BCUT2D eigenvalue weighted by atomic mass is 16.5. The molecule has 1 fully saturated rings. The molecule has 0 radical (unpaired) electrons. The smallest absolute Gasteiger partial charge is 0.407 e. The molecule has 2 aliphatic rings. The van der Waals surface area contributed by atoms with Crippen LogP contribution in [0.5, 0.6) is 0 Å². The molecule has 1 saturated heterocycles. The maximum Gasteiger partial charge on any atom is 0.407 e. The van der Waals surface area contributed by atoms with Gasteiger partial charge in [0.05, 0.1) is 25.0 Å². The molecule has 0 saturated carbocycles. The van der Waals surface area contributed by atoms with E-state index < -0.39 is 12.1 Å². The van der Waals surface area contributed by atoms with Crippen molar-refractivity contribution in [2.45, 2.75) is 78.8 Å². The van der Waals surface area contributed by atoms with Crippen molar-refractivity contribution in [1.82, 2.24) is 20.2 Å². The van der Waals surface area contributed by atoms with Crippen LogP contribution >= 0.6 is 0 Å². The SMILES string of the molecule is CCC1(CC)Cc2c(-c3cnc(C4CCCN4C(=O)C(NC(=O)OC)C(C)C)[nH]3)ccc(C)c2C1=O. The number of nitrogens with one attached hydrogen (secondary N) is 2. The largest absolute Gasteiger partial charge is 0.453 e. The number of hydrogen-bond donors (Lipinski definition) is 2. The number of H-pyrrole nitrogens is 1. The van der Waals surface area contributed by atoms with Crippen LogP contribution in [0.4, 0.5) is 4.79 Å². The first-order valence-electron chi connectivity index (χ1n) is 13.0. The average molecular weight is 495 g/mol. The van der Waals surface area contributed by atoms with Crippen molar-refractivity contribution >= 4 is 17.8 Å². The predicted molar refractivity (Wildman–Crippen MR) is 138 cm³/mol. The summed E-state index contributed by atoms with van der Waals surface area (Å²) in [6.07, 6.45) is 5.23. The monoisotopic (exact) mass is 494 g/mol. The topological polar surface area (TPSA) is 104 Å². The van der Waals surface area contributed by atoms with Gasteiger partial charge in [0.1, 0.15) is 11.9 Å². The number of carbonyl (C=O) groups is 3. The Morgan fingerprint density at radius 2 is 2.00 bits per heavy atom. The number of nitrogens with zero attached hydrogens (tertiary/aromatic N) is 2. The number of amides is 2. The summed E-state index contributed by atoms with van der Waals surface area (Å²) in [5, 5.41) is 2.69. The summed E-state index contributed by atoms with van der Waals surface area (Å²) in [6, 6.07) is 3.23. The van der Waals surface area contributed by atoms with E-state index in [1.165, 1.54) is 7.11 Å². The van der Waals surface area contributed by atoms with E-state index in [-0.39, 0.29) is 29.1 Å². The lowest BCUT2D eigenvalue weighted by Gasteiger charge is -2.30. The number of aryl methyl sites for hydroxylation is 1. The van der Waals surface area contributed by atoms with Gasteiger partial charge in [0, 0.05) is 23.1 Å². The van der Waals surface area contributed by atoms with Gasteiger partial charge in [-0.1, -0.05) is 39.8 Å². The van der Waals surface area contributed by atoms with Gasteiger partial charge in [-0.25, -0.2) is 9.78 Å². The van der Waals surface area contributed by atoms with Crippen LogP contribution in [0.25, 0.3) is 11.3 Å². The maximum atomic E-state index is 13.4. The van der Waals surface area contributed by atoms with Crippen molar-refractivity contribution in [3.05, 3.63) is 40.8 Å². The lowest BCUT2D eigenvalue weighted by molar-refractivity contribution is -0.135. The summed E-state index contributed by atoms with van der Waals surface area (Å²) in [5.74, 6) is 0.766. The Labute approximate surface area is 213 Å². The average Bonchev–Trinajstić information content (AvgIpc) is 3.60. The number of ketones is 1. The molecular weight excluding hydrogens is 456 g/mol. The summed E-state index contributed by atoms with van der Waals surface area (Å²) >= 11 is 0. The minimum absolute atomic E-state index is 0.0879. The van der Waals surface area contributed by atoms with Crippen molar-refractivity contribution in [3.8, 4) is 11.3 Å². The van der Waals surface area contributed by atoms with E-state index in [1.54, 1.807) is 0 Å². The minimum Gasteiger partial charge on any atom is -0.453 e. The number of fused-ring (bicyclic) bond motifs is 1. The Morgan fingerprint density at radius 3 is 2.64 bits per heavy atom. The third kappa shape index (κ3) is 4.31. The van der Waals surface area contributed by atoms with Crippen LogP contribution in [0.15, 0.2) is 18.3 Å². The second-order valence-corrected chi connectivity index (χ2v) is 10.5. The number of benzene rings is 1. The van der Waals surface area contributed by atoms with E-state index in [1.807, 2.05) is 37.9 Å². The van der Waals surface area contributed by atoms with E-state index in [0.29, 0.717) is 6.54 Å². The number of aromatic amines is 1. The van der Waals surface area contributed by atoms with Crippen LogP contribution in [0.1, 0.15) is 86.7 Å². The van der Waals surface area contributed by atoms with Crippen molar-refractivity contribution in [1.29, 1.82) is 0 Å². The molecule has 2 aromatic rings. The molecule has 2 unspecified atom stereocenters. The second kappa shape index (κ2) is 10.1. The van der Waals surface area contributed by atoms with Crippen LogP contribution in [-0.4, -0.2) is 52.3 Å². The fourth-order valence-electron chi connectivity index (χ4n) is 5.86. The van der Waals surface area contributed by atoms with Crippen LogP contribution in [-0.2, 0) is 16.0 Å². The van der Waals surface area contributed by atoms with Crippen LogP contribution in [0.3, 0.4) is 0 Å².